The van der Waals surface area contributed by atoms with E-state index in [0.717, 1.165) is 25.9 Å². The summed E-state index contributed by atoms with van der Waals surface area (Å²) >= 11 is 0. The van der Waals surface area contributed by atoms with Crippen LogP contribution < -0.4 is 5.32 Å². The van der Waals surface area contributed by atoms with Crippen molar-refractivity contribution in [3.8, 4) is 0 Å². The Labute approximate surface area is 98.0 Å². The number of likely N-dealkylation sites (N-methyl/N-ethyl adjacent to an activating group) is 1. The lowest BCUT2D eigenvalue weighted by Crippen LogP contribution is -2.53. The van der Waals surface area contributed by atoms with Gasteiger partial charge in [-0.25, -0.2) is 0 Å². The summed E-state index contributed by atoms with van der Waals surface area (Å²) in [7, 11) is 0. The average molecular weight is 228 g/mol. The number of hydrogen-bond acceptors (Lipinski definition) is 3. The molecule has 3 unspecified atom stereocenters. The Morgan fingerprint density at radius 3 is 2.81 bits per heavy atom. The standard InChI is InChI=1S/C12H24N2O2/c1-4-13-11-6-5-7-14(12(11)16)9(2)8-10(3)15/h9-11,13,15H,4-8H2,1-3H3. The van der Waals surface area contributed by atoms with Gasteiger partial charge in [0.2, 0.25) is 5.91 Å². The summed E-state index contributed by atoms with van der Waals surface area (Å²) in [6, 6.07) is 0.115. The Kier molecular flexibility index (Phi) is 5.22. The van der Waals surface area contributed by atoms with Crippen LogP contribution in [-0.4, -0.2) is 47.2 Å². The van der Waals surface area contributed by atoms with Crippen molar-refractivity contribution in [2.45, 2.75) is 58.2 Å². The minimum Gasteiger partial charge on any atom is -0.393 e. The fourth-order valence-electron chi connectivity index (χ4n) is 2.39. The molecule has 1 amide bonds. The molecular formula is C12H24N2O2. The predicted molar refractivity (Wildman–Crippen MR) is 64.2 cm³/mol. The molecule has 4 heteroatoms. The van der Waals surface area contributed by atoms with Gasteiger partial charge >= 0.3 is 0 Å². The Hall–Kier alpha value is -0.610. The van der Waals surface area contributed by atoms with Gasteiger partial charge in [0.25, 0.3) is 0 Å². The number of carbonyl (C=O) groups is 1. The fraction of sp³-hybridized carbons (Fsp3) is 0.917. The van der Waals surface area contributed by atoms with Crippen LogP contribution >= 0.6 is 0 Å². The predicted octanol–water partition coefficient (Wildman–Crippen LogP) is 0.746. The van der Waals surface area contributed by atoms with Crippen LogP contribution in [0.25, 0.3) is 0 Å². The van der Waals surface area contributed by atoms with Gasteiger partial charge < -0.3 is 15.3 Å². The SMILES string of the molecule is CCNC1CCCN(C(C)CC(C)O)C1=O. The normalized spacial score (nSPS) is 25.6. The average Bonchev–Trinajstić information content (AvgIpc) is 2.20. The lowest BCUT2D eigenvalue weighted by atomic mass is 10.0. The van der Waals surface area contributed by atoms with Crippen LogP contribution in [0.3, 0.4) is 0 Å². The zero-order valence-corrected chi connectivity index (χ0v) is 10.6. The molecule has 1 rings (SSSR count). The van der Waals surface area contributed by atoms with Crippen LogP contribution in [0.15, 0.2) is 0 Å². The maximum Gasteiger partial charge on any atom is 0.239 e. The highest BCUT2D eigenvalue weighted by atomic mass is 16.3. The zero-order chi connectivity index (χ0) is 12.1. The van der Waals surface area contributed by atoms with Gasteiger partial charge in [-0.1, -0.05) is 6.92 Å². The lowest BCUT2D eigenvalue weighted by molar-refractivity contribution is -0.138. The van der Waals surface area contributed by atoms with E-state index in [2.05, 4.69) is 5.32 Å². The van der Waals surface area contributed by atoms with E-state index in [4.69, 9.17) is 0 Å². The van der Waals surface area contributed by atoms with Gasteiger partial charge in [0, 0.05) is 12.6 Å². The third-order valence-corrected chi connectivity index (χ3v) is 3.14. The van der Waals surface area contributed by atoms with Crippen molar-refractivity contribution in [2.24, 2.45) is 0 Å². The first kappa shape index (κ1) is 13.5. The van der Waals surface area contributed by atoms with Crippen molar-refractivity contribution in [1.29, 1.82) is 0 Å². The highest BCUT2D eigenvalue weighted by Crippen LogP contribution is 2.17. The van der Waals surface area contributed by atoms with E-state index in [-0.39, 0.29) is 24.1 Å². The molecule has 0 radical (unpaired) electrons. The van der Waals surface area contributed by atoms with Crippen molar-refractivity contribution in [1.82, 2.24) is 10.2 Å². The summed E-state index contributed by atoms with van der Waals surface area (Å²) in [6.45, 7) is 7.46. The lowest BCUT2D eigenvalue weighted by Gasteiger charge is -2.37. The maximum absolute atomic E-state index is 12.1. The quantitative estimate of drug-likeness (QED) is 0.730. The second kappa shape index (κ2) is 6.21. The molecule has 1 fully saturated rings. The maximum atomic E-state index is 12.1. The van der Waals surface area contributed by atoms with E-state index in [1.165, 1.54) is 0 Å². The number of aliphatic hydroxyl groups excluding tert-OH is 1. The van der Waals surface area contributed by atoms with Gasteiger partial charge in [-0.3, -0.25) is 4.79 Å². The molecule has 0 spiro atoms. The number of aliphatic hydroxyl groups is 1. The molecule has 0 aromatic rings. The molecule has 1 aliphatic heterocycles. The monoisotopic (exact) mass is 228 g/mol. The first-order chi connectivity index (χ1) is 7.56. The Morgan fingerprint density at radius 2 is 2.25 bits per heavy atom. The number of amides is 1. The Morgan fingerprint density at radius 1 is 1.56 bits per heavy atom. The number of likely N-dealkylation sites (tertiary alicyclic amines) is 1. The van der Waals surface area contributed by atoms with Crippen molar-refractivity contribution >= 4 is 5.91 Å². The van der Waals surface area contributed by atoms with Crippen molar-refractivity contribution < 1.29 is 9.90 Å². The van der Waals surface area contributed by atoms with Crippen LogP contribution in [0.2, 0.25) is 0 Å². The third kappa shape index (κ3) is 3.46. The summed E-state index contributed by atoms with van der Waals surface area (Å²) in [5.74, 6) is 0.196. The first-order valence-corrected chi connectivity index (χ1v) is 6.28. The number of piperidine rings is 1. The van der Waals surface area contributed by atoms with Crippen molar-refractivity contribution in [3.05, 3.63) is 0 Å². The number of nitrogens with one attached hydrogen (secondary N) is 1. The highest BCUT2D eigenvalue weighted by Gasteiger charge is 2.30. The summed E-state index contributed by atoms with van der Waals surface area (Å²) in [5.41, 5.74) is 0. The van der Waals surface area contributed by atoms with E-state index in [9.17, 15) is 9.90 Å². The van der Waals surface area contributed by atoms with E-state index in [1.807, 2.05) is 18.7 Å². The highest BCUT2D eigenvalue weighted by molar-refractivity contribution is 5.82. The smallest absolute Gasteiger partial charge is 0.239 e. The summed E-state index contributed by atoms with van der Waals surface area (Å²) in [6.07, 6.45) is 2.30. The molecule has 4 nitrogen and oxygen atoms in total. The minimum atomic E-state index is -0.345. The molecule has 0 bridgehead atoms. The number of hydrogen-bond donors (Lipinski definition) is 2. The van der Waals surface area contributed by atoms with Crippen LogP contribution in [0.1, 0.15) is 40.0 Å². The summed E-state index contributed by atoms with van der Waals surface area (Å²) in [4.78, 5) is 14.0. The molecule has 16 heavy (non-hydrogen) atoms. The largest absolute Gasteiger partial charge is 0.393 e. The molecular weight excluding hydrogens is 204 g/mol. The molecule has 0 aliphatic carbocycles. The van der Waals surface area contributed by atoms with Crippen LogP contribution in [0.4, 0.5) is 0 Å². The van der Waals surface area contributed by atoms with E-state index < -0.39 is 0 Å². The van der Waals surface area contributed by atoms with E-state index >= 15 is 0 Å². The van der Waals surface area contributed by atoms with Gasteiger partial charge in [-0.2, -0.15) is 0 Å². The summed E-state index contributed by atoms with van der Waals surface area (Å²) < 4.78 is 0. The van der Waals surface area contributed by atoms with Gasteiger partial charge in [0.05, 0.1) is 12.1 Å². The Balaban J connectivity index is 2.55. The molecule has 94 valence electrons. The van der Waals surface area contributed by atoms with E-state index in [0.29, 0.717) is 6.42 Å². The molecule has 0 aromatic carbocycles. The minimum absolute atomic E-state index is 0.0183. The van der Waals surface area contributed by atoms with Gasteiger partial charge in [0.1, 0.15) is 0 Å². The van der Waals surface area contributed by atoms with Gasteiger partial charge in [-0.05, 0) is 39.7 Å². The molecule has 0 saturated carbocycles. The van der Waals surface area contributed by atoms with Gasteiger partial charge in [0.15, 0.2) is 0 Å². The van der Waals surface area contributed by atoms with Crippen LogP contribution in [0, 0.1) is 0 Å². The number of carbonyl (C=O) groups excluding carboxylic acids is 1. The second-order valence-electron chi connectivity index (χ2n) is 4.72. The van der Waals surface area contributed by atoms with Crippen molar-refractivity contribution in [3.63, 3.8) is 0 Å². The molecule has 0 aromatic heterocycles. The summed E-state index contributed by atoms with van der Waals surface area (Å²) in [5, 5.41) is 12.6. The zero-order valence-electron chi connectivity index (χ0n) is 10.6. The Bertz CT molecular complexity index is 229. The van der Waals surface area contributed by atoms with Gasteiger partial charge in [-0.15, -0.1) is 0 Å². The fourth-order valence-corrected chi connectivity index (χ4v) is 2.39. The molecule has 1 heterocycles. The first-order valence-electron chi connectivity index (χ1n) is 6.28. The number of rotatable bonds is 5. The van der Waals surface area contributed by atoms with Crippen LogP contribution in [-0.2, 0) is 4.79 Å². The van der Waals surface area contributed by atoms with Crippen LogP contribution in [0.5, 0.6) is 0 Å². The third-order valence-electron chi connectivity index (χ3n) is 3.14. The molecule has 1 saturated heterocycles. The topological polar surface area (TPSA) is 52.6 Å². The molecule has 3 atom stereocenters. The second-order valence-corrected chi connectivity index (χ2v) is 4.72. The molecule has 2 N–H and O–H groups in total. The number of nitrogens with zero attached hydrogens (tertiary/aromatic N) is 1. The molecule has 1 aliphatic rings. The van der Waals surface area contributed by atoms with Crippen molar-refractivity contribution in [2.75, 3.05) is 13.1 Å². The van der Waals surface area contributed by atoms with E-state index in [1.54, 1.807) is 6.92 Å².